The fraction of sp³-hybridized carbons (Fsp3) is 0.419. The number of halogens is 2. The minimum absolute atomic E-state index is 0.0282. The summed E-state index contributed by atoms with van der Waals surface area (Å²) < 4.78 is 53.6. The molecule has 8 aliphatic heterocycles. The van der Waals surface area contributed by atoms with E-state index in [9.17, 15) is 28.8 Å². The topological polar surface area (TPSA) is 202 Å². The zero-order valence-electron chi connectivity index (χ0n) is 45.2. The molecule has 6 saturated heterocycles. The Morgan fingerprint density at radius 3 is 1.40 bits per heavy atom. The molecule has 0 spiro atoms. The summed E-state index contributed by atoms with van der Waals surface area (Å²) in [6.07, 6.45) is 4.57. The van der Waals surface area contributed by atoms with Crippen LogP contribution in [0.25, 0.3) is 21.8 Å². The van der Waals surface area contributed by atoms with Crippen molar-refractivity contribution in [3.63, 3.8) is 0 Å². The largest absolute Gasteiger partial charge is 0.489 e. The summed E-state index contributed by atoms with van der Waals surface area (Å²) in [7, 11) is 0. The van der Waals surface area contributed by atoms with Crippen LogP contribution in [0, 0.1) is 11.6 Å². The molecule has 0 saturated carbocycles. The second kappa shape index (κ2) is 22.5. The third-order valence-corrected chi connectivity index (χ3v) is 17.2. The maximum Gasteiger partial charge on any atom is 0.255 e. The van der Waals surface area contributed by atoms with E-state index in [2.05, 4.69) is 30.4 Å². The van der Waals surface area contributed by atoms with E-state index in [-0.39, 0.29) is 72.1 Å². The number of hydrogen-bond acceptors (Lipinski definition) is 14. The molecule has 6 atom stereocenters. The van der Waals surface area contributed by atoms with Gasteiger partial charge in [0, 0.05) is 124 Å². The summed E-state index contributed by atoms with van der Waals surface area (Å²) in [6, 6.07) is 24.7. The van der Waals surface area contributed by atoms with Crippen molar-refractivity contribution in [2.45, 2.75) is 114 Å². The molecule has 2 aromatic heterocycles. The summed E-state index contributed by atoms with van der Waals surface area (Å²) in [5.41, 5.74) is 7.16. The number of imide groups is 2. The molecular weight excluding hydrogens is 1050 g/mol. The van der Waals surface area contributed by atoms with Gasteiger partial charge < -0.3 is 28.7 Å². The molecule has 0 radical (unpaired) electrons. The van der Waals surface area contributed by atoms with E-state index < -0.39 is 23.9 Å². The predicted molar refractivity (Wildman–Crippen MR) is 293 cm³/mol. The number of fused-ring (bicyclic) bond motifs is 4. The Kier molecular flexibility index (Phi) is 14.7. The number of carbonyl (C=O) groups is 6. The lowest BCUT2D eigenvalue weighted by Gasteiger charge is -2.29. The van der Waals surface area contributed by atoms with Crippen molar-refractivity contribution in [2.75, 3.05) is 52.6 Å². The van der Waals surface area contributed by atoms with Crippen LogP contribution in [-0.2, 0) is 54.8 Å². The van der Waals surface area contributed by atoms with E-state index in [1.165, 1.54) is 9.80 Å². The zero-order valence-corrected chi connectivity index (χ0v) is 45.2. The second-order valence-electron chi connectivity index (χ2n) is 22.9. The van der Waals surface area contributed by atoms with E-state index >= 15 is 8.78 Å². The Hall–Kier alpha value is -7.78. The fourth-order valence-electron chi connectivity index (χ4n) is 12.9. The van der Waals surface area contributed by atoms with Gasteiger partial charge in [0.05, 0.1) is 13.2 Å². The average Bonchev–Trinajstić information content (AvgIpc) is 4.39. The standard InChI is InChI=1S/2C31H31FN4O5/c2*32-25-12-18(11-19-1-4-26(33-29(19)25)20-8-10-40-17-20)14-35-9-7-23(16-35)41-22-2-3-24-21(13-22)15-36(31(24)39)27-5-6-28(37)34-30(27)38/h2*1-4,11-13,20,23,27H,5-10,14-17H2,(H,34,37,38)/t2*20-,23+,27+/m11/s1. The van der Waals surface area contributed by atoms with Crippen LogP contribution in [0.15, 0.2) is 84.9 Å². The van der Waals surface area contributed by atoms with Gasteiger partial charge in [0.1, 0.15) is 58.5 Å². The lowest BCUT2D eigenvalue weighted by Crippen LogP contribution is -2.52. The molecule has 424 valence electrons. The number of piperidine rings is 2. The molecule has 20 heteroatoms. The van der Waals surface area contributed by atoms with E-state index in [1.807, 2.05) is 48.5 Å². The molecule has 0 bridgehead atoms. The number of benzene rings is 4. The van der Waals surface area contributed by atoms with Crippen LogP contribution in [-0.4, -0.2) is 142 Å². The molecule has 6 fully saturated rings. The first-order valence-corrected chi connectivity index (χ1v) is 28.5. The van der Waals surface area contributed by atoms with Crippen LogP contribution >= 0.6 is 0 Å². The Labute approximate surface area is 471 Å². The van der Waals surface area contributed by atoms with Gasteiger partial charge in [0.25, 0.3) is 11.8 Å². The van der Waals surface area contributed by atoms with Gasteiger partial charge in [-0.15, -0.1) is 0 Å². The Bertz CT molecular complexity index is 3340. The highest BCUT2D eigenvalue weighted by atomic mass is 19.1. The van der Waals surface area contributed by atoms with Crippen LogP contribution in [0.5, 0.6) is 11.5 Å². The molecule has 0 aliphatic carbocycles. The van der Waals surface area contributed by atoms with Crippen molar-refractivity contribution in [3.8, 4) is 11.5 Å². The first kappa shape index (κ1) is 53.5. The van der Waals surface area contributed by atoms with E-state index in [4.69, 9.17) is 18.9 Å². The molecule has 8 aliphatic rings. The number of carbonyl (C=O) groups excluding carboxylic acids is 6. The van der Waals surface area contributed by atoms with Crippen LogP contribution in [0.4, 0.5) is 8.78 Å². The minimum atomic E-state index is -0.639. The summed E-state index contributed by atoms with van der Waals surface area (Å²) in [5.74, 6) is -0.622. The third-order valence-electron chi connectivity index (χ3n) is 17.2. The van der Waals surface area contributed by atoms with Crippen molar-refractivity contribution in [1.29, 1.82) is 0 Å². The van der Waals surface area contributed by atoms with Crippen molar-refractivity contribution in [1.82, 2.24) is 40.2 Å². The van der Waals surface area contributed by atoms with Gasteiger partial charge in [0.15, 0.2) is 0 Å². The smallest absolute Gasteiger partial charge is 0.255 e. The van der Waals surface area contributed by atoms with Gasteiger partial charge in [-0.05, 0) is 134 Å². The molecule has 10 heterocycles. The molecular formula is C62H62F2N8O10. The van der Waals surface area contributed by atoms with Crippen molar-refractivity contribution >= 4 is 57.2 Å². The summed E-state index contributed by atoms with van der Waals surface area (Å²) in [6.45, 7) is 7.65. The maximum absolute atomic E-state index is 15.1. The molecule has 4 aromatic carbocycles. The molecule has 6 aromatic rings. The lowest BCUT2D eigenvalue weighted by molar-refractivity contribution is -0.138. The van der Waals surface area contributed by atoms with Gasteiger partial charge in [-0.3, -0.25) is 49.2 Å². The predicted octanol–water partition coefficient (Wildman–Crippen LogP) is 6.58. The number of nitrogens with zero attached hydrogens (tertiary/aromatic N) is 6. The average molecular weight is 1120 g/mol. The summed E-state index contributed by atoms with van der Waals surface area (Å²) in [5, 5.41) is 6.26. The van der Waals surface area contributed by atoms with Gasteiger partial charge >= 0.3 is 0 Å². The van der Waals surface area contributed by atoms with Crippen LogP contribution < -0.4 is 20.1 Å². The molecule has 0 unspecified atom stereocenters. The molecule has 18 nitrogen and oxygen atoms in total. The summed E-state index contributed by atoms with van der Waals surface area (Å²) in [4.78, 5) is 90.4. The molecule has 6 amide bonds. The minimum Gasteiger partial charge on any atom is -0.489 e. The monoisotopic (exact) mass is 1120 g/mol. The van der Waals surface area contributed by atoms with E-state index in [1.54, 1.807) is 36.4 Å². The number of pyridine rings is 2. The highest BCUT2D eigenvalue weighted by molar-refractivity contribution is 6.06. The van der Waals surface area contributed by atoms with E-state index in [0.717, 1.165) is 96.4 Å². The number of amides is 6. The highest BCUT2D eigenvalue weighted by Gasteiger charge is 2.41. The van der Waals surface area contributed by atoms with Crippen molar-refractivity contribution in [3.05, 3.63) is 141 Å². The maximum atomic E-state index is 15.1. The van der Waals surface area contributed by atoms with Gasteiger partial charge in [-0.2, -0.15) is 0 Å². The second-order valence-corrected chi connectivity index (χ2v) is 22.9. The molecule has 2 N–H and O–H groups in total. The summed E-state index contributed by atoms with van der Waals surface area (Å²) >= 11 is 0. The number of likely N-dealkylation sites (tertiary alicyclic amines) is 2. The van der Waals surface area contributed by atoms with Gasteiger partial charge in [-0.1, -0.05) is 12.1 Å². The first-order valence-electron chi connectivity index (χ1n) is 28.5. The highest BCUT2D eigenvalue weighted by Crippen LogP contribution is 2.35. The first-order chi connectivity index (χ1) is 39.8. The normalized spacial score (nSPS) is 24.8. The number of hydrogen-bond donors (Lipinski definition) is 2. The third kappa shape index (κ3) is 11.0. The van der Waals surface area contributed by atoms with E-state index in [0.29, 0.717) is 99.0 Å². The number of nitrogens with one attached hydrogen (secondary N) is 2. The zero-order chi connectivity index (χ0) is 56.2. The fourth-order valence-corrected chi connectivity index (χ4v) is 12.9. The van der Waals surface area contributed by atoms with Crippen molar-refractivity contribution in [2.24, 2.45) is 0 Å². The number of rotatable bonds is 12. The number of aromatic nitrogens is 2. The Balaban J connectivity index is 0.000000154. The van der Waals surface area contributed by atoms with Crippen LogP contribution in [0.2, 0.25) is 0 Å². The number of ether oxygens (including phenoxy) is 4. The van der Waals surface area contributed by atoms with Crippen molar-refractivity contribution < 1.29 is 56.5 Å². The van der Waals surface area contributed by atoms with Gasteiger partial charge in [0.2, 0.25) is 23.6 Å². The quantitative estimate of drug-likeness (QED) is 0.124. The van der Waals surface area contributed by atoms with Gasteiger partial charge in [-0.25, -0.2) is 18.7 Å². The SMILES string of the molecule is O=C1CC[C@H](N2Cc3cc(O[C@H]4CCN(Cc5cc(F)c6nc([C@@H]7CCOC7)ccc6c5)C4)ccc3C2=O)C(=O)N1.O=C1CC[C@H](N2Cc3cc(O[C@H]4CCN(Cc5cc(F)c6nc([C@@H]7CCOC7)ccc6c5)C4)ccc3C2=O)C(=O)N1. The molecule has 14 rings (SSSR count). The Morgan fingerprint density at radius 2 is 0.988 bits per heavy atom. The van der Waals surface area contributed by atoms with Crippen LogP contribution in [0.1, 0.15) is 118 Å². The lowest BCUT2D eigenvalue weighted by atomic mass is 10.0. The molecule has 82 heavy (non-hydrogen) atoms. The van der Waals surface area contributed by atoms with Crippen LogP contribution in [0.3, 0.4) is 0 Å². The Morgan fingerprint density at radius 1 is 0.537 bits per heavy atom.